The number of sulfonamides is 1. The fraction of sp³-hybridized carbons (Fsp3) is 0.211. The first-order valence-corrected chi connectivity index (χ1v) is 9.90. The summed E-state index contributed by atoms with van der Waals surface area (Å²) in [5.41, 5.74) is 0.826. The molecule has 0 saturated carbocycles. The Kier molecular flexibility index (Phi) is 7.03. The topological polar surface area (TPSA) is 125 Å². The molecule has 0 unspecified atom stereocenters. The fourth-order valence-corrected chi connectivity index (χ4v) is 3.36. The maximum atomic E-state index is 12.9. The molecule has 0 aliphatic heterocycles. The lowest BCUT2D eigenvalue weighted by atomic mass is 10.2. The molecule has 0 heterocycles. The highest BCUT2D eigenvalue weighted by Crippen LogP contribution is 2.12. The van der Waals surface area contributed by atoms with Crippen LogP contribution in [0.25, 0.3) is 0 Å². The number of rotatable bonds is 7. The molecule has 152 valence electrons. The SMILES string of the molecule is C[C@H](NS(=O)(=O)c1ccc(F)cc1)C(=O)O[C@@H](C)C(=O)Nc1ccc(C#N)cc1. The van der Waals surface area contributed by atoms with E-state index >= 15 is 0 Å². The number of halogens is 1. The van der Waals surface area contributed by atoms with Crippen LogP contribution in [-0.4, -0.2) is 32.4 Å². The highest BCUT2D eigenvalue weighted by Gasteiger charge is 2.26. The lowest BCUT2D eigenvalue weighted by molar-refractivity contribution is -0.154. The maximum Gasteiger partial charge on any atom is 0.324 e. The van der Waals surface area contributed by atoms with Crippen LogP contribution in [0.1, 0.15) is 19.4 Å². The number of benzene rings is 2. The van der Waals surface area contributed by atoms with Gasteiger partial charge in [-0.25, -0.2) is 12.8 Å². The van der Waals surface area contributed by atoms with Crippen LogP contribution in [-0.2, 0) is 24.3 Å². The Morgan fingerprint density at radius 3 is 2.21 bits per heavy atom. The summed E-state index contributed by atoms with van der Waals surface area (Å²) >= 11 is 0. The van der Waals surface area contributed by atoms with E-state index in [-0.39, 0.29) is 4.90 Å². The average molecular weight is 419 g/mol. The van der Waals surface area contributed by atoms with Gasteiger partial charge in [0.05, 0.1) is 16.5 Å². The van der Waals surface area contributed by atoms with Crippen LogP contribution in [0.2, 0.25) is 0 Å². The summed E-state index contributed by atoms with van der Waals surface area (Å²) in [6, 6.07) is 10.8. The Bertz CT molecular complexity index is 1030. The summed E-state index contributed by atoms with van der Waals surface area (Å²) < 4.78 is 44.5. The molecule has 0 radical (unpaired) electrons. The van der Waals surface area contributed by atoms with Gasteiger partial charge in [0, 0.05) is 5.69 Å². The van der Waals surface area contributed by atoms with Gasteiger partial charge >= 0.3 is 5.97 Å². The Morgan fingerprint density at radius 1 is 1.07 bits per heavy atom. The van der Waals surface area contributed by atoms with E-state index in [4.69, 9.17) is 10.00 Å². The second-order valence-electron chi connectivity index (χ2n) is 6.05. The molecule has 0 fully saturated rings. The Morgan fingerprint density at radius 2 is 1.66 bits per heavy atom. The van der Waals surface area contributed by atoms with Crippen LogP contribution in [0.4, 0.5) is 10.1 Å². The molecule has 29 heavy (non-hydrogen) atoms. The smallest absolute Gasteiger partial charge is 0.324 e. The number of nitrogens with zero attached hydrogens (tertiary/aromatic N) is 1. The van der Waals surface area contributed by atoms with Gasteiger partial charge < -0.3 is 10.1 Å². The van der Waals surface area contributed by atoms with Crippen molar-refractivity contribution in [2.24, 2.45) is 0 Å². The number of ether oxygens (including phenoxy) is 1. The van der Waals surface area contributed by atoms with E-state index in [1.54, 1.807) is 0 Å². The van der Waals surface area contributed by atoms with E-state index in [1.807, 2.05) is 6.07 Å². The molecule has 2 rings (SSSR count). The lowest BCUT2D eigenvalue weighted by Gasteiger charge is -2.17. The second kappa shape index (κ2) is 9.27. The molecule has 2 aromatic rings. The van der Waals surface area contributed by atoms with Crippen LogP contribution < -0.4 is 10.0 Å². The highest BCUT2D eigenvalue weighted by atomic mass is 32.2. The van der Waals surface area contributed by atoms with Crippen molar-refractivity contribution >= 4 is 27.6 Å². The predicted molar refractivity (Wildman–Crippen MR) is 102 cm³/mol. The molecule has 2 aromatic carbocycles. The molecule has 2 atom stereocenters. The number of carbonyl (C=O) groups excluding carboxylic acids is 2. The summed E-state index contributed by atoms with van der Waals surface area (Å²) in [7, 11) is -4.08. The Labute approximate surface area is 167 Å². The van der Waals surface area contributed by atoms with Crippen molar-refractivity contribution in [3.63, 3.8) is 0 Å². The molecular weight excluding hydrogens is 401 g/mol. The van der Waals surface area contributed by atoms with Crippen molar-refractivity contribution in [1.29, 1.82) is 5.26 Å². The van der Waals surface area contributed by atoms with E-state index in [2.05, 4.69) is 10.0 Å². The normalized spacial score (nSPS) is 13.0. The third-order valence-electron chi connectivity index (χ3n) is 3.75. The monoisotopic (exact) mass is 419 g/mol. The molecule has 0 saturated heterocycles. The molecular formula is C19H18FN3O5S. The summed E-state index contributed by atoms with van der Waals surface area (Å²) in [5, 5.41) is 11.3. The zero-order valence-corrected chi connectivity index (χ0v) is 16.4. The Balaban J connectivity index is 1.94. The number of esters is 1. The van der Waals surface area contributed by atoms with E-state index in [9.17, 15) is 22.4 Å². The average Bonchev–Trinajstić information content (AvgIpc) is 2.68. The van der Waals surface area contributed by atoms with Gasteiger partial charge in [-0.2, -0.15) is 9.98 Å². The molecule has 0 aliphatic carbocycles. The van der Waals surface area contributed by atoms with Crippen LogP contribution in [0.15, 0.2) is 53.4 Å². The second-order valence-corrected chi connectivity index (χ2v) is 7.77. The van der Waals surface area contributed by atoms with Gasteiger partial charge in [0.25, 0.3) is 5.91 Å². The van der Waals surface area contributed by atoms with Crippen molar-refractivity contribution in [1.82, 2.24) is 4.72 Å². The summed E-state index contributed by atoms with van der Waals surface area (Å²) in [6.45, 7) is 2.59. The van der Waals surface area contributed by atoms with Crippen molar-refractivity contribution in [3.8, 4) is 6.07 Å². The summed E-state index contributed by atoms with van der Waals surface area (Å²) in [5.74, 6) is -2.19. The summed E-state index contributed by atoms with van der Waals surface area (Å²) in [6.07, 6.45) is -1.20. The number of hydrogen-bond acceptors (Lipinski definition) is 6. The molecule has 0 bridgehead atoms. The van der Waals surface area contributed by atoms with Crippen LogP contribution in [0, 0.1) is 17.1 Å². The molecule has 1 amide bonds. The Hall–Kier alpha value is -3.29. The van der Waals surface area contributed by atoms with E-state index < -0.39 is 39.9 Å². The minimum absolute atomic E-state index is 0.217. The number of anilines is 1. The highest BCUT2D eigenvalue weighted by molar-refractivity contribution is 7.89. The predicted octanol–water partition coefficient (Wildman–Crippen LogP) is 1.93. The standard InChI is InChI=1S/C19H18FN3O5S/c1-12(23-29(26,27)17-9-5-15(20)6-10-17)19(25)28-13(2)18(24)22-16-7-3-14(11-21)4-8-16/h3-10,12-13,23H,1-2H3,(H,22,24)/t12-,13-/m0/s1. The van der Waals surface area contributed by atoms with E-state index in [0.717, 1.165) is 24.3 Å². The van der Waals surface area contributed by atoms with Crippen molar-refractivity contribution in [2.45, 2.75) is 30.9 Å². The molecule has 0 spiro atoms. The van der Waals surface area contributed by atoms with Gasteiger partial charge in [-0.15, -0.1) is 0 Å². The molecule has 8 nitrogen and oxygen atoms in total. The third-order valence-corrected chi connectivity index (χ3v) is 5.31. The third kappa shape index (κ3) is 6.10. The van der Waals surface area contributed by atoms with Crippen LogP contribution >= 0.6 is 0 Å². The van der Waals surface area contributed by atoms with Crippen LogP contribution in [0.3, 0.4) is 0 Å². The first-order valence-electron chi connectivity index (χ1n) is 8.42. The van der Waals surface area contributed by atoms with Crippen LogP contribution in [0.5, 0.6) is 0 Å². The van der Waals surface area contributed by atoms with Gasteiger partial charge in [-0.1, -0.05) is 0 Å². The quantitative estimate of drug-likeness (QED) is 0.661. The minimum atomic E-state index is -4.08. The minimum Gasteiger partial charge on any atom is -0.451 e. The van der Waals surface area contributed by atoms with Gasteiger partial charge in [0.2, 0.25) is 10.0 Å². The van der Waals surface area contributed by atoms with Gasteiger partial charge in [-0.3, -0.25) is 9.59 Å². The largest absolute Gasteiger partial charge is 0.451 e. The first kappa shape index (κ1) is 22.0. The van der Waals surface area contributed by atoms with E-state index in [1.165, 1.54) is 38.1 Å². The van der Waals surface area contributed by atoms with Gasteiger partial charge in [0.15, 0.2) is 6.10 Å². The van der Waals surface area contributed by atoms with Gasteiger partial charge in [0.1, 0.15) is 11.9 Å². The maximum absolute atomic E-state index is 12.9. The van der Waals surface area contributed by atoms with Crippen molar-refractivity contribution in [2.75, 3.05) is 5.32 Å². The molecule has 0 aromatic heterocycles. The molecule has 2 N–H and O–H groups in total. The van der Waals surface area contributed by atoms with E-state index in [0.29, 0.717) is 11.3 Å². The molecule has 0 aliphatic rings. The number of carbonyl (C=O) groups is 2. The number of hydrogen-bond donors (Lipinski definition) is 2. The number of nitriles is 1. The van der Waals surface area contributed by atoms with Crippen molar-refractivity contribution < 1.29 is 27.1 Å². The van der Waals surface area contributed by atoms with Crippen molar-refractivity contribution in [3.05, 3.63) is 59.9 Å². The fourth-order valence-electron chi connectivity index (χ4n) is 2.16. The first-order chi connectivity index (χ1) is 13.6. The molecule has 10 heteroatoms. The number of nitrogens with one attached hydrogen (secondary N) is 2. The number of amides is 1. The zero-order chi connectivity index (χ0) is 21.6. The summed E-state index contributed by atoms with van der Waals surface area (Å²) in [4.78, 5) is 24.1. The van der Waals surface area contributed by atoms with Gasteiger partial charge in [-0.05, 0) is 62.4 Å². The lowest BCUT2D eigenvalue weighted by Crippen LogP contribution is -2.42. The zero-order valence-electron chi connectivity index (χ0n) is 15.5.